The molecule has 1 saturated heterocycles. The standard InChI is InChI=1S/C18H24N4O6/c1-3-15(24)22-10-9-18(17(19)21-26,28-27-12(2)23)11-14(22)20-16(25)13-7-5-4-6-8-13/h4-8,14,26H,3,9-11H2,1-2H3,(H2,19,21)(H,20,25). The molecule has 2 atom stereocenters. The Morgan fingerprint density at radius 2 is 2.04 bits per heavy atom. The lowest BCUT2D eigenvalue weighted by Crippen LogP contribution is -2.63. The first-order valence-electron chi connectivity index (χ1n) is 8.82. The molecule has 2 amide bonds. The van der Waals surface area contributed by atoms with E-state index < -0.39 is 23.6 Å². The van der Waals surface area contributed by atoms with Crippen LogP contribution < -0.4 is 11.1 Å². The number of rotatable bonds is 6. The lowest BCUT2D eigenvalue weighted by Gasteiger charge is -2.44. The van der Waals surface area contributed by atoms with Gasteiger partial charge in [0.25, 0.3) is 5.91 Å². The maximum Gasteiger partial charge on any atom is 0.339 e. The largest absolute Gasteiger partial charge is 0.409 e. The van der Waals surface area contributed by atoms with Crippen molar-refractivity contribution in [1.29, 1.82) is 0 Å². The average Bonchev–Trinajstić information content (AvgIpc) is 2.71. The Balaban J connectivity index is 2.30. The Morgan fingerprint density at radius 1 is 1.36 bits per heavy atom. The summed E-state index contributed by atoms with van der Waals surface area (Å²) < 4.78 is 0. The number of likely N-dealkylation sites (tertiary alicyclic amines) is 1. The SMILES string of the molecule is CCC(=O)N1CCC(OOC(C)=O)(C(N)=NO)CC1NC(=O)c1ccccc1. The van der Waals surface area contributed by atoms with E-state index in [0.29, 0.717) is 5.56 Å². The number of nitrogens with zero attached hydrogens (tertiary/aromatic N) is 2. The van der Waals surface area contributed by atoms with Gasteiger partial charge in [0.2, 0.25) is 5.91 Å². The van der Waals surface area contributed by atoms with Gasteiger partial charge in [0.1, 0.15) is 6.17 Å². The van der Waals surface area contributed by atoms with Gasteiger partial charge in [-0.2, -0.15) is 4.89 Å². The van der Waals surface area contributed by atoms with Crippen LogP contribution in [-0.2, 0) is 19.4 Å². The Kier molecular flexibility index (Phi) is 6.94. The molecule has 0 bridgehead atoms. The summed E-state index contributed by atoms with van der Waals surface area (Å²) in [4.78, 5) is 47.5. The smallest absolute Gasteiger partial charge is 0.339 e. The molecule has 0 aliphatic carbocycles. The van der Waals surface area contributed by atoms with Crippen molar-refractivity contribution < 1.29 is 29.4 Å². The quantitative estimate of drug-likeness (QED) is 0.213. The van der Waals surface area contributed by atoms with Crippen molar-refractivity contribution in [1.82, 2.24) is 10.2 Å². The molecule has 10 heteroatoms. The van der Waals surface area contributed by atoms with Crippen molar-refractivity contribution in [2.75, 3.05) is 6.54 Å². The van der Waals surface area contributed by atoms with Crippen molar-refractivity contribution in [3.05, 3.63) is 35.9 Å². The van der Waals surface area contributed by atoms with Gasteiger partial charge in [-0.05, 0) is 12.1 Å². The third kappa shape index (κ3) is 4.77. The van der Waals surface area contributed by atoms with E-state index in [1.807, 2.05) is 0 Å². The van der Waals surface area contributed by atoms with E-state index in [2.05, 4.69) is 15.4 Å². The molecule has 28 heavy (non-hydrogen) atoms. The van der Waals surface area contributed by atoms with Gasteiger partial charge in [-0.1, -0.05) is 30.3 Å². The maximum absolute atomic E-state index is 12.6. The second-order valence-corrected chi connectivity index (χ2v) is 6.39. The molecule has 0 saturated carbocycles. The predicted octanol–water partition coefficient (Wildman–Crippen LogP) is 0.755. The molecule has 1 fully saturated rings. The monoisotopic (exact) mass is 392 g/mol. The number of amidine groups is 1. The highest BCUT2D eigenvalue weighted by molar-refractivity contribution is 5.95. The van der Waals surface area contributed by atoms with E-state index in [-0.39, 0.29) is 37.6 Å². The first-order valence-corrected chi connectivity index (χ1v) is 8.82. The summed E-state index contributed by atoms with van der Waals surface area (Å²) in [7, 11) is 0. The summed E-state index contributed by atoms with van der Waals surface area (Å²) in [5.74, 6) is -1.63. The van der Waals surface area contributed by atoms with Crippen LogP contribution in [0.15, 0.2) is 35.5 Å². The van der Waals surface area contributed by atoms with Gasteiger partial charge in [0.15, 0.2) is 11.4 Å². The van der Waals surface area contributed by atoms with Gasteiger partial charge in [-0.15, -0.1) is 0 Å². The summed E-state index contributed by atoms with van der Waals surface area (Å²) in [6, 6.07) is 8.48. The van der Waals surface area contributed by atoms with Gasteiger partial charge < -0.3 is 21.2 Å². The Bertz CT molecular complexity index is 754. The summed E-state index contributed by atoms with van der Waals surface area (Å²) in [6.45, 7) is 2.99. The third-order valence-corrected chi connectivity index (χ3v) is 4.51. The normalized spacial score (nSPS) is 22.4. The second-order valence-electron chi connectivity index (χ2n) is 6.39. The number of oxime groups is 1. The average molecular weight is 392 g/mol. The molecule has 1 aromatic rings. The molecule has 152 valence electrons. The van der Waals surface area contributed by atoms with Crippen LogP contribution in [0.1, 0.15) is 43.5 Å². The number of benzene rings is 1. The molecule has 1 aliphatic rings. The van der Waals surface area contributed by atoms with E-state index >= 15 is 0 Å². The first-order chi connectivity index (χ1) is 13.3. The van der Waals surface area contributed by atoms with Crippen LogP contribution in [-0.4, -0.2) is 52.0 Å². The number of amides is 2. The van der Waals surface area contributed by atoms with Crippen molar-refractivity contribution in [2.24, 2.45) is 10.9 Å². The summed E-state index contributed by atoms with van der Waals surface area (Å²) in [5, 5.41) is 14.9. The Labute approximate surface area is 162 Å². The lowest BCUT2D eigenvalue weighted by atomic mass is 9.87. The molecule has 1 heterocycles. The minimum atomic E-state index is -1.49. The number of carbonyl (C=O) groups excluding carboxylic acids is 3. The molecule has 10 nitrogen and oxygen atoms in total. The van der Waals surface area contributed by atoms with Gasteiger partial charge in [0.05, 0.1) is 0 Å². The highest BCUT2D eigenvalue weighted by Crippen LogP contribution is 2.31. The van der Waals surface area contributed by atoms with Gasteiger partial charge >= 0.3 is 5.97 Å². The van der Waals surface area contributed by atoms with E-state index in [1.54, 1.807) is 37.3 Å². The van der Waals surface area contributed by atoms with Crippen molar-refractivity contribution in [3.63, 3.8) is 0 Å². The fourth-order valence-electron chi connectivity index (χ4n) is 3.02. The van der Waals surface area contributed by atoms with Crippen LogP contribution in [0.2, 0.25) is 0 Å². The molecular formula is C18H24N4O6. The molecule has 0 aromatic heterocycles. The van der Waals surface area contributed by atoms with Crippen LogP contribution in [0.4, 0.5) is 0 Å². The fourth-order valence-corrected chi connectivity index (χ4v) is 3.02. The van der Waals surface area contributed by atoms with Gasteiger partial charge in [-0.25, -0.2) is 4.79 Å². The lowest BCUT2D eigenvalue weighted by molar-refractivity contribution is -0.322. The van der Waals surface area contributed by atoms with E-state index in [1.165, 1.54) is 4.90 Å². The van der Waals surface area contributed by atoms with Gasteiger partial charge in [-0.3, -0.25) is 14.5 Å². The van der Waals surface area contributed by atoms with E-state index in [4.69, 9.17) is 15.8 Å². The topological polar surface area (TPSA) is 144 Å². The minimum Gasteiger partial charge on any atom is -0.409 e. The molecule has 2 unspecified atom stereocenters. The summed E-state index contributed by atoms with van der Waals surface area (Å²) in [6.07, 6.45) is -0.538. The highest BCUT2D eigenvalue weighted by atomic mass is 17.2. The fraction of sp³-hybridized carbons (Fsp3) is 0.444. The molecule has 2 rings (SSSR count). The van der Waals surface area contributed by atoms with Crippen LogP contribution in [0.25, 0.3) is 0 Å². The Hall–Kier alpha value is -3.14. The number of piperidine rings is 1. The van der Waals surface area contributed by atoms with Crippen LogP contribution in [0.3, 0.4) is 0 Å². The molecule has 4 N–H and O–H groups in total. The number of nitrogens with one attached hydrogen (secondary N) is 1. The molecule has 0 radical (unpaired) electrons. The summed E-state index contributed by atoms with van der Waals surface area (Å²) >= 11 is 0. The van der Waals surface area contributed by atoms with Crippen LogP contribution in [0.5, 0.6) is 0 Å². The van der Waals surface area contributed by atoms with E-state index in [0.717, 1.165) is 6.92 Å². The Morgan fingerprint density at radius 3 is 2.61 bits per heavy atom. The first kappa shape index (κ1) is 21.2. The zero-order chi connectivity index (χ0) is 20.7. The molecule has 1 aliphatic heterocycles. The molecule has 1 aromatic carbocycles. The van der Waals surface area contributed by atoms with Crippen LogP contribution >= 0.6 is 0 Å². The number of nitrogens with two attached hydrogens (primary N) is 1. The van der Waals surface area contributed by atoms with Crippen molar-refractivity contribution in [2.45, 2.75) is 44.9 Å². The zero-order valence-corrected chi connectivity index (χ0v) is 15.8. The summed E-state index contributed by atoms with van der Waals surface area (Å²) in [5.41, 5.74) is 4.72. The highest BCUT2D eigenvalue weighted by Gasteiger charge is 2.48. The third-order valence-electron chi connectivity index (χ3n) is 4.51. The number of carbonyl (C=O) groups is 3. The molecule has 0 spiro atoms. The number of hydrogen-bond acceptors (Lipinski definition) is 7. The second kappa shape index (κ2) is 9.18. The van der Waals surface area contributed by atoms with Crippen molar-refractivity contribution >= 4 is 23.6 Å². The molecular weight excluding hydrogens is 368 g/mol. The zero-order valence-electron chi connectivity index (χ0n) is 15.8. The van der Waals surface area contributed by atoms with E-state index in [9.17, 15) is 14.4 Å². The van der Waals surface area contributed by atoms with Crippen molar-refractivity contribution in [3.8, 4) is 0 Å². The van der Waals surface area contributed by atoms with Crippen LogP contribution in [0, 0.1) is 0 Å². The predicted molar refractivity (Wildman–Crippen MR) is 97.9 cm³/mol. The maximum atomic E-state index is 12.6. The number of hydrogen-bond donors (Lipinski definition) is 3. The van der Waals surface area contributed by atoms with Gasteiger partial charge in [0, 0.05) is 38.3 Å². The minimum absolute atomic E-state index is 0.0690.